The van der Waals surface area contributed by atoms with Crippen molar-refractivity contribution >= 4 is 0 Å². The molecule has 0 aromatic rings. The highest BCUT2D eigenvalue weighted by Crippen LogP contribution is 1.79. The molecule has 0 aliphatic heterocycles. The third-order valence-corrected chi connectivity index (χ3v) is 0.881. The molecule has 0 rings (SSSR count). The summed E-state index contributed by atoms with van der Waals surface area (Å²) in [5.74, 6) is 0. The van der Waals surface area contributed by atoms with Crippen LogP contribution in [0.25, 0.3) is 0 Å². The molecule has 0 unspecified atom stereocenters. The second-order valence-corrected chi connectivity index (χ2v) is 1.60. The molecule has 0 spiro atoms. The molecule has 0 atom stereocenters. The lowest BCUT2D eigenvalue weighted by Gasteiger charge is -1.93. The molecule has 0 aliphatic rings. The van der Waals surface area contributed by atoms with E-state index in [0.717, 1.165) is 19.5 Å². The molecule has 0 fully saturated rings. The van der Waals surface area contributed by atoms with E-state index in [1.165, 1.54) is 6.42 Å². The highest BCUT2D eigenvalue weighted by molar-refractivity contribution is 4.41. The van der Waals surface area contributed by atoms with Crippen LogP contribution in [0.2, 0.25) is 0 Å². The van der Waals surface area contributed by atoms with Gasteiger partial charge in [-0.05, 0) is 33.0 Å². The standard InChI is InChI=1S/C5H14N2.2C2H6/c1-7-5-3-2-4-6;2*1-2/h7H,2-6H2,1H3;2*1-2H3. The lowest BCUT2D eigenvalue weighted by Crippen LogP contribution is -2.09. The van der Waals surface area contributed by atoms with Crippen molar-refractivity contribution in [3.63, 3.8) is 0 Å². The maximum Gasteiger partial charge on any atom is -0.00515 e. The van der Waals surface area contributed by atoms with Gasteiger partial charge in [0.25, 0.3) is 0 Å². The van der Waals surface area contributed by atoms with E-state index < -0.39 is 0 Å². The average molecular weight is 162 g/mol. The summed E-state index contributed by atoms with van der Waals surface area (Å²) >= 11 is 0. The Kier molecular flexibility index (Phi) is 50.8. The van der Waals surface area contributed by atoms with Gasteiger partial charge >= 0.3 is 0 Å². The van der Waals surface area contributed by atoms with Crippen molar-refractivity contribution in [2.24, 2.45) is 5.73 Å². The first kappa shape index (κ1) is 17.1. The maximum absolute atomic E-state index is 5.24. The molecular weight excluding hydrogens is 136 g/mol. The van der Waals surface area contributed by atoms with Crippen molar-refractivity contribution in [1.82, 2.24) is 5.32 Å². The summed E-state index contributed by atoms with van der Waals surface area (Å²) in [4.78, 5) is 0. The van der Waals surface area contributed by atoms with Crippen molar-refractivity contribution in [2.75, 3.05) is 20.1 Å². The van der Waals surface area contributed by atoms with Crippen molar-refractivity contribution in [1.29, 1.82) is 0 Å². The summed E-state index contributed by atoms with van der Waals surface area (Å²) in [5.41, 5.74) is 5.24. The van der Waals surface area contributed by atoms with E-state index in [4.69, 9.17) is 5.73 Å². The molecule has 0 bridgehead atoms. The second-order valence-electron chi connectivity index (χ2n) is 1.60. The first-order chi connectivity index (χ1) is 5.41. The van der Waals surface area contributed by atoms with Crippen LogP contribution in [-0.4, -0.2) is 20.1 Å². The molecular formula is C9H26N2. The predicted molar refractivity (Wildman–Crippen MR) is 54.9 cm³/mol. The van der Waals surface area contributed by atoms with Gasteiger partial charge in [-0.1, -0.05) is 27.7 Å². The number of hydrogen-bond acceptors (Lipinski definition) is 2. The van der Waals surface area contributed by atoms with E-state index in [-0.39, 0.29) is 0 Å². The minimum absolute atomic E-state index is 0.821. The Morgan fingerprint density at radius 3 is 1.73 bits per heavy atom. The van der Waals surface area contributed by atoms with Gasteiger partial charge in [-0.25, -0.2) is 0 Å². The van der Waals surface area contributed by atoms with Crippen molar-refractivity contribution < 1.29 is 0 Å². The SMILES string of the molecule is CC.CC.CNCCCCN. The first-order valence-corrected chi connectivity index (χ1v) is 4.76. The average Bonchev–Trinajstić information content (AvgIpc) is 2.13. The molecule has 0 aromatic heterocycles. The Hall–Kier alpha value is -0.0800. The predicted octanol–water partition coefficient (Wildman–Crippen LogP) is 2.00. The monoisotopic (exact) mass is 162 g/mol. The summed E-state index contributed by atoms with van der Waals surface area (Å²) in [6, 6.07) is 0. The van der Waals surface area contributed by atoms with E-state index in [2.05, 4.69) is 5.32 Å². The van der Waals surface area contributed by atoms with Gasteiger partial charge in [0, 0.05) is 0 Å². The fourth-order valence-electron chi connectivity index (χ4n) is 0.446. The van der Waals surface area contributed by atoms with Gasteiger partial charge in [0.1, 0.15) is 0 Å². The minimum Gasteiger partial charge on any atom is -0.330 e. The Balaban J connectivity index is -0.000000138. The summed E-state index contributed by atoms with van der Waals surface area (Å²) in [6.45, 7) is 9.92. The number of rotatable bonds is 4. The summed E-state index contributed by atoms with van der Waals surface area (Å²) in [7, 11) is 1.95. The molecule has 0 aromatic carbocycles. The lowest BCUT2D eigenvalue weighted by atomic mass is 10.3. The zero-order valence-electron chi connectivity index (χ0n) is 8.91. The fraction of sp³-hybridized carbons (Fsp3) is 1.00. The smallest absolute Gasteiger partial charge is 0.00515 e. The molecule has 0 saturated heterocycles. The lowest BCUT2D eigenvalue weighted by molar-refractivity contribution is 0.684. The van der Waals surface area contributed by atoms with Crippen LogP contribution in [-0.2, 0) is 0 Å². The van der Waals surface area contributed by atoms with Gasteiger partial charge in [-0.3, -0.25) is 0 Å². The van der Waals surface area contributed by atoms with Gasteiger partial charge in [0.2, 0.25) is 0 Å². The Bertz CT molecular complexity index is 26.7. The van der Waals surface area contributed by atoms with Crippen molar-refractivity contribution in [3.05, 3.63) is 0 Å². The van der Waals surface area contributed by atoms with Gasteiger partial charge in [0.05, 0.1) is 0 Å². The van der Waals surface area contributed by atoms with Crippen LogP contribution in [0.1, 0.15) is 40.5 Å². The maximum atomic E-state index is 5.24. The minimum atomic E-state index is 0.821. The molecule has 11 heavy (non-hydrogen) atoms. The van der Waals surface area contributed by atoms with E-state index >= 15 is 0 Å². The second kappa shape index (κ2) is 32.6. The van der Waals surface area contributed by atoms with Gasteiger partial charge < -0.3 is 11.1 Å². The Morgan fingerprint density at radius 1 is 1.00 bits per heavy atom. The molecule has 2 nitrogen and oxygen atoms in total. The normalized spacial score (nSPS) is 7.09. The number of hydrogen-bond donors (Lipinski definition) is 2. The number of unbranched alkanes of at least 4 members (excludes halogenated alkanes) is 1. The number of nitrogens with two attached hydrogens (primary N) is 1. The van der Waals surface area contributed by atoms with E-state index in [0.29, 0.717) is 0 Å². The molecule has 2 heteroatoms. The molecule has 3 N–H and O–H groups in total. The molecule has 72 valence electrons. The van der Waals surface area contributed by atoms with Crippen LogP contribution in [0.5, 0.6) is 0 Å². The number of nitrogens with one attached hydrogen (secondary N) is 1. The van der Waals surface area contributed by atoms with Gasteiger partial charge in [-0.2, -0.15) is 0 Å². The van der Waals surface area contributed by atoms with Crippen LogP contribution in [0.4, 0.5) is 0 Å². The van der Waals surface area contributed by atoms with E-state index in [1.807, 2.05) is 34.7 Å². The van der Waals surface area contributed by atoms with Crippen LogP contribution in [0.15, 0.2) is 0 Å². The third kappa shape index (κ3) is 40.5. The zero-order valence-corrected chi connectivity index (χ0v) is 8.91. The highest BCUT2D eigenvalue weighted by Gasteiger charge is 1.78. The molecule has 0 saturated carbocycles. The molecule has 0 heterocycles. The van der Waals surface area contributed by atoms with Crippen LogP contribution < -0.4 is 11.1 Å². The largest absolute Gasteiger partial charge is 0.330 e. The Morgan fingerprint density at radius 2 is 1.45 bits per heavy atom. The van der Waals surface area contributed by atoms with E-state index in [9.17, 15) is 0 Å². The molecule has 0 radical (unpaired) electrons. The molecule has 0 aliphatic carbocycles. The van der Waals surface area contributed by atoms with Crippen LogP contribution in [0, 0.1) is 0 Å². The van der Waals surface area contributed by atoms with Crippen molar-refractivity contribution in [3.8, 4) is 0 Å². The zero-order chi connectivity index (χ0) is 9.54. The summed E-state index contributed by atoms with van der Waals surface area (Å²) in [5, 5.41) is 3.05. The van der Waals surface area contributed by atoms with Crippen LogP contribution >= 0.6 is 0 Å². The quantitative estimate of drug-likeness (QED) is 0.620. The first-order valence-electron chi connectivity index (χ1n) is 4.76. The summed E-state index contributed by atoms with van der Waals surface area (Å²) in [6.07, 6.45) is 2.34. The third-order valence-electron chi connectivity index (χ3n) is 0.881. The topological polar surface area (TPSA) is 38.0 Å². The Labute approximate surface area is 72.6 Å². The van der Waals surface area contributed by atoms with Crippen molar-refractivity contribution in [2.45, 2.75) is 40.5 Å². The highest BCUT2D eigenvalue weighted by atomic mass is 14.8. The molecule has 0 amide bonds. The van der Waals surface area contributed by atoms with E-state index in [1.54, 1.807) is 0 Å². The fourth-order valence-corrected chi connectivity index (χ4v) is 0.446. The summed E-state index contributed by atoms with van der Waals surface area (Å²) < 4.78 is 0. The van der Waals surface area contributed by atoms with Crippen LogP contribution in [0.3, 0.4) is 0 Å². The van der Waals surface area contributed by atoms with Gasteiger partial charge in [-0.15, -0.1) is 0 Å². The van der Waals surface area contributed by atoms with Gasteiger partial charge in [0.15, 0.2) is 0 Å².